The van der Waals surface area contributed by atoms with E-state index in [0.29, 0.717) is 0 Å². The smallest absolute Gasteiger partial charge is 0.138 e. The summed E-state index contributed by atoms with van der Waals surface area (Å²) >= 11 is 2.22. The maximum Gasteiger partial charge on any atom is 0.138 e. The van der Waals surface area contributed by atoms with Crippen LogP contribution in [0, 0.1) is 3.57 Å². The molecule has 2 aromatic rings. The number of nitrogens with zero attached hydrogens (tertiary/aromatic N) is 3. The maximum absolute atomic E-state index is 4.06. The van der Waals surface area contributed by atoms with E-state index in [1.54, 1.807) is 0 Å². The molecule has 2 rings (SSSR count). The lowest BCUT2D eigenvalue weighted by Crippen LogP contribution is -1.88. The lowest BCUT2D eigenvalue weighted by molar-refractivity contribution is 1.02. The summed E-state index contributed by atoms with van der Waals surface area (Å²) in [6.07, 6.45) is 1.46. The molecule has 0 spiro atoms. The van der Waals surface area contributed by atoms with Crippen molar-refractivity contribution in [2.45, 2.75) is 0 Å². The van der Waals surface area contributed by atoms with Gasteiger partial charge in [-0.25, -0.2) is 4.98 Å². The Hall–Kier alpha value is -0.780. The molecule has 0 aliphatic rings. The SMILES string of the molecule is Ic1cccc2ncnnc12. The van der Waals surface area contributed by atoms with Gasteiger partial charge in [-0.1, -0.05) is 6.07 Å². The van der Waals surface area contributed by atoms with Crippen LogP contribution < -0.4 is 0 Å². The second-order valence-electron chi connectivity index (χ2n) is 2.07. The molecule has 0 amide bonds. The standard InChI is InChI=1S/C7H4IN3/c8-5-2-1-3-6-7(5)11-10-4-9-6/h1-4H. The number of hydrogen-bond donors (Lipinski definition) is 0. The van der Waals surface area contributed by atoms with Gasteiger partial charge < -0.3 is 0 Å². The number of halogens is 1. The molecule has 0 atom stereocenters. The molecule has 1 aromatic heterocycles. The minimum absolute atomic E-state index is 0.871. The fourth-order valence-corrected chi connectivity index (χ4v) is 1.47. The van der Waals surface area contributed by atoms with Crippen molar-refractivity contribution in [2.75, 3.05) is 0 Å². The predicted molar refractivity (Wildman–Crippen MR) is 50.1 cm³/mol. The Balaban J connectivity index is 2.91. The Bertz CT molecular complexity index is 383. The van der Waals surface area contributed by atoms with Gasteiger partial charge in [0.25, 0.3) is 0 Å². The first kappa shape index (κ1) is 6.90. The number of fused-ring (bicyclic) bond motifs is 1. The molecule has 54 valence electrons. The van der Waals surface area contributed by atoms with E-state index < -0.39 is 0 Å². The molecule has 0 aliphatic carbocycles. The van der Waals surface area contributed by atoms with E-state index >= 15 is 0 Å². The topological polar surface area (TPSA) is 38.7 Å². The van der Waals surface area contributed by atoms with Crippen LogP contribution in [0.4, 0.5) is 0 Å². The zero-order valence-electron chi connectivity index (χ0n) is 5.53. The van der Waals surface area contributed by atoms with Gasteiger partial charge in [-0.3, -0.25) is 0 Å². The van der Waals surface area contributed by atoms with E-state index in [9.17, 15) is 0 Å². The molecule has 0 bridgehead atoms. The fourth-order valence-electron chi connectivity index (χ4n) is 0.879. The minimum Gasteiger partial charge on any atom is -0.233 e. The molecule has 0 fully saturated rings. The average molecular weight is 257 g/mol. The predicted octanol–water partition coefficient (Wildman–Crippen LogP) is 1.63. The van der Waals surface area contributed by atoms with Gasteiger partial charge in [0.15, 0.2) is 0 Å². The number of hydrogen-bond acceptors (Lipinski definition) is 3. The van der Waals surface area contributed by atoms with Crippen LogP contribution in [0.3, 0.4) is 0 Å². The molecule has 1 heterocycles. The Kier molecular flexibility index (Phi) is 1.69. The van der Waals surface area contributed by atoms with Crippen molar-refractivity contribution < 1.29 is 0 Å². The first-order valence-corrected chi connectivity index (χ1v) is 4.18. The van der Waals surface area contributed by atoms with Gasteiger partial charge in [0.05, 0.1) is 5.52 Å². The average Bonchev–Trinajstić information content (AvgIpc) is 2.06. The van der Waals surface area contributed by atoms with E-state index in [1.165, 1.54) is 6.33 Å². The summed E-state index contributed by atoms with van der Waals surface area (Å²) in [6.45, 7) is 0. The largest absolute Gasteiger partial charge is 0.233 e. The van der Waals surface area contributed by atoms with Crippen LogP contribution in [0.1, 0.15) is 0 Å². The first-order chi connectivity index (χ1) is 5.38. The molecule has 0 N–H and O–H groups in total. The van der Waals surface area contributed by atoms with Crippen molar-refractivity contribution in [1.82, 2.24) is 15.2 Å². The Morgan fingerprint density at radius 2 is 2.18 bits per heavy atom. The zero-order valence-corrected chi connectivity index (χ0v) is 7.69. The molecular weight excluding hydrogens is 253 g/mol. The zero-order chi connectivity index (χ0) is 7.68. The first-order valence-electron chi connectivity index (χ1n) is 3.10. The van der Waals surface area contributed by atoms with Crippen LogP contribution in [0.25, 0.3) is 11.0 Å². The summed E-state index contributed by atoms with van der Waals surface area (Å²) in [5, 5.41) is 7.67. The Labute approximate surface area is 77.0 Å². The maximum atomic E-state index is 4.06. The summed E-state index contributed by atoms with van der Waals surface area (Å²) in [4.78, 5) is 4.06. The summed E-state index contributed by atoms with van der Waals surface area (Å²) in [6, 6.07) is 5.87. The molecule has 0 saturated heterocycles. The highest BCUT2D eigenvalue weighted by molar-refractivity contribution is 14.1. The third-order valence-corrected chi connectivity index (χ3v) is 2.24. The summed E-state index contributed by atoms with van der Waals surface area (Å²) < 4.78 is 1.08. The normalized spacial score (nSPS) is 10.3. The van der Waals surface area contributed by atoms with Crippen molar-refractivity contribution in [3.63, 3.8) is 0 Å². The van der Waals surface area contributed by atoms with Crippen LogP contribution in [0.5, 0.6) is 0 Å². The van der Waals surface area contributed by atoms with Crippen LogP contribution in [-0.2, 0) is 0 Å². The Morgan fingerprint density at radius 1 is 1.27 bits per heavy atom. The molecule has 11 heavy (non-hydrogen) atoms. The lowest BCUT2D eigenvalue weighted by Gasteiger charge is -1.94. The van der Waals surface area contributed by atoms with E-state index in [4.69, 9.17) is 0 Å². The van der Waals surface area contributed by atoms with Gasteiger partial charge in [0.2, 0.25) is 0 Å². The monoisotopic (exact) mass is 257 g/mol. The van der Waals surface area contributed by atoms with Crippen molar-refractivity contribution in [3.8, 4) is 0 Å². The molecule has 1 aromatic carbocycles. The fraction of sp³-hybridized carbons (Fsp3) is 0. The van der Waals surface area contributed by atoms with Gasteiger partial charge in [-0.05, 0) is 34.7 Å². The molecule has 0 unspecified atom stereocenters. The third-order valence-electron chi connectivity index (χ3n) is 1.37. The molecule has 3 nitrogen and oxygen atoms in total. The molecule has 0 radical (unpaired) electrons. The number of benzene rings is 1. The molecular formula is C7H4IN3. The second-order valence-corrected chi connectivity index (χ2v) is 3.23. The van der Waals surface area contributed by atoms with E-state index in [1.807, 2.05) is 18.2 Å². The van der Waals surface area contributed by atoms with Gasteiger partial charge in [0.1, 0.15) is 11.8 Å². The van der Waals surface area contributed by atoms with Gasteiger partial charge in [-0.2, -0.15) is 0 Å². The third kappa shape index (κ3) is 1.18. The molecule has 4 heteroatoms. The van der Waals surface area contributed by atoms with E-state index in [2.05, 4.69) is 37.8 Å². The van der Waals surface area contributed by atoms with Crippen LogP contribution in [0.15, 0.2) is 24.5 Å². The van der Waals surface area contributed by atoms with Gasteiger partial charge in [0, 0.05) is 3.57 Å². The van der Waals surface area contributed by atoms with Gasteiger partial charge >= 0.3 is 0 Å². The van der Waals surface area contributed by atoms with Crippen molar-refractivity contribution in [1.29, 1.82) is 0 Å². The Morgan fingerprint density at radius 3 is 3.00 bits per heavy atom. The van der Waals surface area contributed by atoms with E-state index in [0.717, 1.165) is 14.6 Å². The minimum atomic E-state index is 0.871. The van der Waals surface area contributed by atoms with Gasteiger partial charge in [-0.15, -0.1) is 10.2 Å². The lowest BCUT2D eigenvalue weighted by atomic mass is 10.3. The van der Waals surface area contributed by atoms with Crippen molar-refractivity contribution >= 4 is 33.6 Å². The second kappa shape index (κ2) is 2.69. The number of rotatable bonds is 0. The summed E-state index contributed by atoms with van der Waals surface area (Å²) in [7, 11) is 0. The van der Waals surface area contributed by atoms with E-state index in [-0.39, 0.29) is 0 Å². The molecule has 0 saturated carbocycles. The van der Waals surface area contributed by atoms with Crippen LogP contribution >= 0.6 is 22.6 Å². The highest BCUT2D eigenvalue weighted by Crippen LogP contribution is 2.14. The van der Waals surface area contributed by atoms with Crippen molar-refractivity contribution in [2.24, 2.45) is 0 Å². The van der Waals surface area contributed by atoms with Crippen molar-refractivity contribution in [3.05, 3.63) is 28.1 Å². The highest BCUT2D eigenvalue weighted by Gasteiger charge is 1.97. The summed E-state index contributed by atoms with van der Waals surface area (Å²) in [5.74, 6) is 0. The van der Waals surface area contributed by atoms with Crippen LogP contribution in [-0.4, -0.2) is 15.2 Å². The van der Waals surface area contributed by atoms with Crippen LogP contribution in [0.2, 0.25) is 0 Å². The molecule has 0 aliphatic heterocycles. The quantitative estimate of drug-likeness (QED) is 0.673. The summed E-state index contributed by atoms with van der Waals surface area (Å²) in [5.41, 5.74) is 1.77. The number of aromatic nitrogens is 3. The highest BCUT2D eigenvalue weighted by atomic mass is 127.